The van der Waals surface area contributed by atoms with Gasteiger partial charge in [0.2, 0.25) is 6.41 Å². The molecule has 0 unspecified atom stereocenters. The maximum Gasteiger partial charge on any atom is 0.207 e. The fourth-order valence-corrected chi connectivity index (χ4v) is 2.40. The first-order valence-electron chi connectivity index (χ1n) is 6.06. The predicted octanol–water partition coefficient (Wildman–Crippen LogP) is 2.87. The Morgan fingerprint density at radius 3 is 2.50 bits per heavy atom. The summed E-state index contributed by atoms with van der Waals surface area (Å²) in [6, 6.07) is 0.468. The van der Waals surface area contributed by atoms with Crippen LogP contribution in [0.5, 0.6) is 0 Å². The molecule has 1 saturated carbocycles. The molecule has 14 heavy (non-hydrogen) atoms. The van der Waals surface area contributed by atoms with Crippen LogP contribution < -0.4 is 5.32 Å². The van der Waals surface area contributed by atoms with E-state index in [1.807, 2.05) is 0 Å². The Hall–Kier alpha value is -0.530. The van der Waals surface area contributed by atoms with E-state index in [9.17, 15) is 4.79 Å². The van der Waals surface area contributed by atoms with Gasteiger partial charge in [0.15, 0.2) is 0 Å². The van der Waals surface area contributed by atoms with E-state index in [-0.39, 0.29) is 0 Å². The highest BCUT2D eigenvalue weighted by Gasteiger charge is 2.19. The van der Waals surface area contributed by atoms with Gasteiger partial charge >= 0.3 is 0 Å². The summed E-state index contributed by atoms with van der Waals surface area (Å²) in [4.78, 5) is 10.3. The Balaban J connectivity index is 2.06. The van der Waals surface area contributed by atoms with Gasteiger partial charge in [0, 0.05) is 6.04 Å². The van der Waals surface area contributed by atoms with Crippen LogP contribution >= 0.6 is 0 Å². The molecule has 1 fully saturated rings. The summed E-state index contributed by atoms with van der Waals surface area (Å²) in [5, 5.41) is 2.89. The van der Waals surface area contributed by atoms with Crippen molar-refractivity contribution in [2.24, 2.45) is 5.92 Å². The molecule has 0 heterocycles. The van der Waals surface area contributed by atoms with E-state index in [2.05, 4.69) is 12.2 Å². The van der Waals surface area contributed by atoms with E-state index in [4.69, 9.17) is 0 Å². The Labute approximate surface area is 87.5 Å². The maximum atomic E-state index is 10.3. The molecule has 1 rings (SSSR count). The summed E-state index contributed by atoms with van der Waals surface area (Å²) in [5.41, 5.74) is 0. The van der Waals surface area contributed by atoms with E-state index in [1.54, 1.807) is 0 Å². The highest BCUT2D eigenvalue weighted by atomic mass is 16.1. The first-order chi connectivity index (χ1) is 6.86. The Kier molecular flexibility index (Phi) is 5.65. The van der Waals surface area contributed by atoms with Crippen molar-refractivity contribution in [2.45, 2.75) is 64.3 Å². The van der Waals surface area contributed by atoms with E-state index in [0.717, 1.165) is 12.3 Å². The molecule has 2 nitrogen and oxygen atoms in total. The van der Waals surface area contributed by atoms with Crippen LogP contribution in [0.1, 0.15) is 58.3 Å². The molecule has 0 aliphatic heterocycles. The normalized spacial score (nSPS) is 27.2. The number of carbonyl (C=O) groups is 1. The van der Waals surface area contributed by atoms with Gasteiger partial charge in [-0.25, -0.2) is 0 Å². The molecule has 0 aromatic carbocycles. The number of rotatable bonds is 6. The molecule has 0 bridgehead atoms. The smallest absolute Gasteiger partial charge is 0.207 e. The lowest BCUT2D eigenvalue weighted by Crippen LogP contribution is -2.32. The van der Waals surface area contributed by atoms with Crippen LogP contribution in [0.4, 0.5) is 0 Å². The zero-order valence-electron chi connectivity index (χ0n) is 9.30. The van der Waals surface area contributed by atoms with Gasteiger partial charge < -0.3 is 5.32 Å². The summed E-state index contributed by atoms with van der Waals surface area (Å²) in [6.45, 7) is 2.25. The number of amides is 1. The van der Waals surface area contributed by atoms with Crippen LogP contribution in [0.2, 0.25) is 0 Å². The summed E-state index contributed by atoms with van der Waals surface area (Å²) in [7, 11) is 0. The van der Waals surface area contributed by atoms with Crippen molar-refractivity contribution < 1.29 is 4.79 Å². The van der Waals surface area contributed by atoms with Gasteiger partial charge in [-0.2, -0.15) is 0 Å². The Morgan fingerprint density at radius 1 is 1.21 bits per heavy atom. The lowest BCUT2D eigenvalue weighted by Gasteiger charge is -2.27. The van der Waals surface area contributed by atoms with Crippen molar-refractivity contribution >= 4 is 6.41 Å². The van der Waals surface area contributed by atoms with Crippen LogP contribution in [0.3, 0.4) is 0 Å². The molecule has 82 valence electrons. The van der Waals surface area contributed by atoms with Crippen molar-refractivity contribution in [2.75, 3.05) is 0 Å². The zero-order valence-corrected chi connectivity index (χ0v) is 9.30. The van der Waals surface area contributed by atoms with E-state index in [0.29, 0.717) is 6.04 Å². The van der Waals surface area contributed by atoms with Crippen LogP contribution in [0.25, 0.3) is 0 Å². The molecule has 1 N–H and O–H groups in total. The average Bonchev–Trinajstić information content (AvgIpc) is 2.21. The minimum atomic E-state index is 0.468. The molecule has 2 heteroatoms. The van der Waals surface area contributed by atoms with Crippen LogP contribution in [-0.4, -0.2) is 12.5 Å². The molecular formula is C12H23NO. The fourth-order valence-electron chi connectivity index (χ4n) is 2.40. The van der Waals surface area contributed by atoms with Gasteiger partial charge in [-0.15, -0.1) is 0 Å². The second-order valence-corrected chi connectivity index (χ2v) is 4.50. The summed E-state index contributed by atoms with van der Waals surface area (Å²) < 4.78 is 0. The Morgan fingerprint density at radius 2 is 1.93 bits per heavy atom. The number of unbranched alkanes of at least 4 members (excludes halogenated alkanes) is 2. The molecule has 1 aliphatic rings. The molecule has 0 spiro atoms. The quantitative estimate of drug-likeness (QED) is 0.515. The zero-order chi connectivity index (χ0) is 10.2. The number of nitrogens with one attached hydrogen (secondary N) is 1. The maximum absolute atomic E-state index is 10.3. The van der Waals surface area contributed by atoms with Crippen molar-refractivity contribution in [3.8, 4) is 0 Å². The molecule has 0 aromatic rings. The van der Waals surface area contributed by atoms with E-state index < -0.39 is 0 Å². The van der Waals surface area contributed by atoms with E-state index >= 15 is 0 Å². The van der Waals surface area contributed by atoms with Gasteiger partial charge in [0.1, 0.15) is 0 Å². The number of hydrogen-bond acceptors (Lipinski definition) is 1. The van der Waals surface area contributed by atoms with Crippen LogP contribution in [-0.2, 0) is 4.79 Å². The third-order valence-electron chi connectivity index (χ3n) is 3.37. The first-order valence-corrected chi connectivity index (χ1v) is 6.06. The summed E-state index contributed by atoms with van der Waals surface area (Å²) in [6.07, 6.45) is 11.4. The average molecular weight is 197 g/mol. The number of carbonyl (C=O) groups excluding carboxylic acids is 1. The van der Waals surface area contributed by atoms with Gasteiger partial charge in [0.25, 0.3) is 0 Å². The minimum absolute atomic E-state index is 0.468. The monoisotopic (exact) mass is 197 g/mol. The van der Waals surface area contributed by atoms with Crippen LogP contribution in [0, 0.1) is 5.92 Å². The summed E-state index contributed by atoms with van der Waals surface area (Å²) >= 11 is 0. The molecule has 0 saturated heterocycles. The van der Waals surface area contributed by atoms with Gasteiger partial charge in [-0.05, 0) is 31.6 Å². The topological polar surface area (TPSA) is 29.1 Å². The second-order valence-electron chi connectivity index (χ2n) is 4.50. The number of hydrogen-bond donors (Lipinski definition) is 1. The lowest BCUT2D eigenvalue weighted by molar-refractivity contribution is -0.110. The largest absolute Gasteiger partial charge is 0.356 e. The van der Waals surface area contributed by atoms with Crippen molar-refractivity contribution in [1.82, 2.24) is 5.32 Å². The van der Waals surface area contributed by atoms with Crippen molar-refractivity contribution in [3.05, 3.63) is 0 Å². The summed E-state index contributed by atoms with van der Waals surface area (Å²) in [5.74, 6) is 0.936. The predicted molar refractivity (Wildman–Crippen MR) is 59.1 cm³/mol. The molecule has 0 radical (unpaired) electrons. The standard InChI is InChI=1S/C12H23NO/c1-2-3-4-5-11-6-8-12(9-7-11)13-10-14/h10-12H,2-9H2,1H3,(H,13,14)/t11-,12+. The molecule has 1 amide bonds. The van der Waals surface area contributed by atoms with Crippen molar-refractivity contribution in [1.29, 1.82) is 0 Å². The third-order valence-corrected chi connectivity index (χ3v) is 3.37. The van der Waals surface area contributed by atoms with Crippen LogP contribution in [0.15, 0.2) is 0 Å². The van der Waals surface area contributed by atoms with Gasteiger partial charge in [0.05, 0.1) is 0 Å². The van der Waals surface area contributed by atoms with Gasteiger partial charge in [-0.3, -0.25) is 4.79 Å². The second kappa shape index (κ2) is 6.86. The molecular weight excluding hydrogens is 174 g/mol. The molecule has 0 aromatic heterocycles. The highest BCUT2D eigenvalue weighted by molar-refractivity contribution is 5.46. The Bertz CT molecular complexity index is 150. The molecule has 0 atom stereocenters. The highest BCUT2D eigenvalue weighted by Crippen LogP contribution is 2.28. The SMILES string of the molecule is CCCCC[C@H]1CC[C@@H](NC=O)CC1. The third kappa shape index (κ3) is 4.12. The minimum Gasteiger partial charge on any atom is -0.356 e. The van der Waals surface area contributed by atoms with Gasteiger partial charge in [-0.1, -0.05) is 32.6 Å². The first kappa shape index (κ1) is 11.5. The lowest BCUT2D eigenvalue weighted by atomic mass is 9.83. The van der Waals surface area contributed by atoms with E-state index in [1.165, 1.54) is 51.4 Å². The fraction of sp³-hybridized carbons (Fsp3) is 0.917. The van der Waals surface area contributed by atoms with Crippen molar-refractivity contribution in [3.63, 3.8) is 0 Å². The molecule has 1 aliphatic carbocycles.